The molecule has 2 heteroatoms. The number of ether oxygens (including phenoxy) is 1. The van der Waals surface area contributed by atoms with E-state index in [0.717, 1.165) is 5.57 Å². The van der Waals surface area contributed by atoms with Crippen LogP contribution in [-0.2, 0) is 9.53 Å². The van der Waals surface area contributed by atoms with Gasteiger partial charge < -0.3 is 4.74 Å². The lowest BCUT2D eigenvalue weighted by Gasteiger charge is -2.13. The summed E-state index contributed by atoms with van der Waals surface area (Å²) in [5, 5.41) is 0. The van der Waals surface area contributed by atoms with E-state index < -0.39 is 0 Å². The minimum absolute atomic E-state index is 0.0856. The summed E-state index contributed by atoms with van der Waals surface area (Å²) < 4.78 is 4.98. The third kappa shape index (κ3) is 3.81. The fourth-order valence-electron chi connectivity index (χ4n) is 0.744. The van der Waals surface area contributed by atoms with E-state index in [9.17, 15) is 4.79 Å². The molecule has 0 saturated carbocycles. The van der Waals surface area contributed by atoms with E-state index in [2.05, 4.69) is 0 Å². The Balaban J connectivity index is 4.15. The van der Waals surface area contributed by atoms with Crippen molar-refractivity contribution < 1.29 is 9.53 Å². The average molecular weight is 156 g/mol. The first-order chi connectivity index (χ1) is 4.95. The number of carbonyl (C=O) groups excluding carboxylic acids is 1. The summed E-state index contributed by atoms with van der Waals surface area (Å²) in [7, 11) is 0. The summed E-state index contributed by atoms with van der Waals surface area (Å²) in [6.45, 7) is 9.30. The normalized spacial score (nSPS) is 12.1. The van der Waals surface area contributed by atoms with Crippen LogP contribution in [0.3, 0.4) is 0 Å². The van der Waals surface area contributed by atoms with Crippen molar-refractivity contribution in [3.8, 4) is 0 Å². The maximum Gasteiger partial charge on any atom is 0.303 e. The van der Waals surface area contributed by atoms with Gasteiger partial charge in [0, 0.05) is 6.92 Å². The second kappa shape index (κ2) is 4.16. The Bertz CT molecular complexity index is 176. The summed E-state index contributed by atoms with van der Waals surface area (Å²) in [5.74, 6) is -0.224. The van der Waals surface area contributed by atoms with E-state index in [0.29, 0.717) is 0 Å². The molecule has 0 aliphatic carbocycles. The van der Waals surface area contributed by atoms with Crippen molar-refractivity contribution in [2.75, 3.05) is 0 Å². The first-order valence-electron chi connectivity index (χ1n) is 3.76. The zero-order chi connectivity index (χ0) is 9.02. The maximum atomic E-state index is 10.5. The molecule has 0 bridgehead atoms. The third-order valence-electron chi connectivity index (χ3n) is 1.74. The predicted octanol–water partition coefficient (Wildman–Crippen LogP) is 2.29. The molecule has 0 aromatic rings. The van der Waals surface area contributed by atoms with Gasteiger partial charge in [-0.3, -0.25) is 4.79 Å². The van der Waals surface area contributed by atoms with Crippen LogP contribution < -0.4 is 0 Å². The van der Waals surface area contributed by atoms with Gasteiger partial charge in [-0.2, -0.15) is 0 Å². The molecule has 0 spiro atoms. The highest BCUT2D eigenvalue weighted by atomic mass is 16.5. The Kier molecular flexibility index (Phi) is 3.86. The van der Waals surface area contributed by atoms with Crippen LogP contribution in [0.4, 0.5) is 0 Å². The van der Waals surface area contributed by atoms with Crippen molar-refractivity contribution in [2.24, 2.45) is 0 Å². The van der Waals surface area contributed by atoms with E-state index in [1.807, 2.05) is 27.7 Å². The van der Waals surface area contributed by atoms with Crippen LogP contribution in [0.25, 0.3) is 0 Å². The van der Waals surface area contributed by atoms with Gasteiger partial charge in [0.25, 0.3) is 0 Å². The van der Waals surface area contributed by atoms with Crippen molar-refractivity contribution in [1.82, 2.24) is 0 Å². The Morgan fingerprint density at radius 1 is 1.18 bits per heavy atom. The molecular weight excluding hydrogens is 140 g/mol. The number of allylic oxidation sites excluding steroid dienone is 1. The van der Waals surface area contributed by atoms with E-state index in [4.69, 9.17) is 4.74 Å². The van der Waals surface area contributed by atoms with Gasteiger partial charge in [-0.05, 0) is 33.3 Å². The van der Waals surface area contributed by atoms with Crippen LogP contribution in [0.2, 0.25) is 0 Å². The molecular formula is C9H16O2. The van der Waals surface area contributed by atoms with Crippen molar-refractivity contribution in [3.05, 3.63) is 11.1 Å². The maximum absolute atomic E-state index is 10.5. The molecule has 0 radical (unpaired) electrons. The molecule has 1 unspecified atom stereocenters. The molecule has 0 N–H and O–H groups in total. The van der Waals surface area contributed by atoms with Crippen molar-refractivity contribution >= 4 is 5.97 Å². The lowest BCUT2D eigenvalue weighted by atomic mass is 10.1. The SMILES string of the molecule is CC(=O)OC(C)C(C)=C(C)C. The summed E-state index contributed by atoms with van der Waals surface area (Å²) in [5.41, 5.74) is 2.33. The zero-order valence-corrected chi connectivity index (χ0v) is 7.89. The van der Waals surface area contributed by atoms with Gasteiger partial charge in [0.2, 0.25) is 0 Å². The lowest BCUT2D eigenvalue weighted by Crippen LogP contribution is -2.14. The largest absolute Gasteiger partial charge is 0.458 e. The Morgan fingerprint density at radius 2 is 1.64 bits per heavy atom. The van der Waals surface area contributed by atoms with Crippen LogP contribution in [0, 0.1) is 0 Å². The first kappa shape index (κ1) is 10.2. The monoisotopic (exact) mass is 156 g/mol. The van der Waals surface area contributed by atoms with E-state index in [1.165, 1.54) is 12.5 Å². The number of hydrogen-bond acceptors (Lipinski definition) is 2. The standard InChI is InChI=1S/C9H16O2/c1-6(2)7(3)8(4)11-9(5)10/h8H,1-5H3. The highest BCUT2D eigenvalue weighted by Crippen LogP contribution is 2.10. The van der Waals surface area contributed by atoms with Gasteiger partial charge in [-0.25, -0.2) is 0 Å². The molecule has 64 valence electrons. The van der Waals surface area contributed by atoms with Gasteiger partial charge >= 0.3 is 5.97 Å². The summed E-state index contributed by atoms with van der Waals surface area (Å²) in [6.07, 6.45) is -0.0856. The second-order valence-electron chi connectivity index (χ2n) is 2.93. The number of carbonyl (C=O) groups is 1. The van der Waals surface area contributed by atoms with Crippen LogP contribution >= 0.6 is 0 Å². The summed E-state index contributed by atoms with van der Waals surface area (Å²) in [6, 6.07) is 0. The van der Waals surface area contributed by atoms with Crippen LogP contribution in [0.5, 0.6) is 0 Å². The van der Waals surface area contributed by atoms with Crippen LogP contribution in [-0.4, -0.2) is 12.1 Å². The molecule has 11 heavy (non-hydrogen) atoms. The number of esters is 1. The Morgan fingerprint density at radius 3 is 1.91 bits per heavy atom. The van der Waals surface area contributed by atoms with E-state index in [-0.39, 0.29) is 12.1 Å². The molecule has 0 rings (SSSR count). The smallest absolute Gasteiger partial charge is 0.303 e. The van der Waals surface area contributed by atoms with Crippen LogP contribution in [0.1, 0.15) is 34.6 Å². The van der Waals surface area contributed by atoms with Gasteiger partial charge in [-0.15, -0.1) is 0 Å². The fraction of sp³-hybridized carbons (Fsp3) is 0.667. The van der Waals surface area contributed by atoms with Gasteiger partial charge in [0.1, 0.15) is 6.10 Å². The molecule has 0 aliphatic heterocycles. The van der Waals surface area contributed by atoms with Crippen molar-refractivity contribution in [3.63, 3.8) is 0 Å². The van der Waals surface area contributed by atoms with Crippen molar-refractivity contribution in [1.29, 1.82) is 0 Å². The van der Waals surface area contributed by atoms with Gasteiger partial charge in [-0.1, -0.05) is 5.57 Å². The van der Waals surface area contributed by atoms with E-state index >= 15 is 0 Å². The summed E-state index contributed by atoms with van der Waals surface area (Å²) >= 11 is 0. The highest BCUT2D eigenvalue weighted by Gasteiger charge is 2.07. The molecule has 2 nitrogen and oxygen atoms in total. The molecule has 0 aromatic heterocycles. The molecule has 0 fully saturated rings. The molecule has 0 aromatic carbocycles. The second-order valence-corrected chi connectivity index (χ2v) is 2.93. The Hall–Kier alpha value is -0.790. The van der Waals surface area contributed by atoms with Crippen molar-refractivity contribution in [2.45, 2.75) is 40.7 Å². The van der Waals surface area contributed by atoms with Gasteiger partial charge in [0.15, 0.2) is 0 Å². The molecule has 1 atom stereocenters. The lowest BCUT2D eigenvalue weighted by molar-refractivity contribution is -0.143. The van der Waals surface area contributed by atoms with Gasteiger partial charge in [0.05, 0.1) is 0 Å². The minimum atomic E-state index is -0.224. The quantitative estimate of drug-likeness (QED) is 0.453. The zero-order valence-electron chi connectivity index (χ0n) is 7.89. The predicted molar refractivity (Wildman–Crippen MR) is 45.3 cm³/mol. The Labute approximate surface area is 68.2 Å². The average Bonchev–Trinajstić information content (AvgIpc) is 1.84. The molecule has 0 saturated heterocycles. The van der Waals surface area contributed by atoms with E-state index in [1.54, 1.807) is 0 Å². The first-order valence-corrected chi connectivity index (χ1v) is 3.76. The van der Waals surface area contributed by atoms with Crippen LogP contribution in [0.15, 0.2) is 11.1 Å². The minimum Gasteiger partial charge on any atom is -0.458 e. The number of rotatable bonds is 2. The highest BCUT2D eigenvalue weighted by molar-refractivity contribution is 5.66. The third-order valence-corrected chi connectivity index (χ3v) is 1.74. The number of hydrogen-bond donors (Lipinski definition) is 0. The molecule has 0 aliphatic rings. The topological polar surface area (TPSA) is 26.3 Å². The molecule has 0 heterocycles. The molecule has 0 amide bonds. The summed E-state index contributed by atoms with van der Waals surface area (Å²) in [4.78, 5) is 10.5. The fourth-order valence-corrected chi connectivity index (χ4v) is 0.744.